The molecule has 2 heteroatoms. The van der Waals surface area contributed by atoms with E-state index in [2.05, 4.69) is 30.4 Å². The summed E-state index contributed by atoms with van der Waals surface area (Å²) >= 11 is 0. The first-order valence-corrected chi connectivity index (χ1v) is 6.09. The van der Waals surface area contributed by atoms with E-state index in [4.69, 9.17) is 4.84 Å². The zero-order valence-corrected chi connectivity index (χ0v) is 10.5. The molecule has 0 atom stereocenters. The lowest BCUT2D eigenvalue weighted by molar-refractivity contribution is 0.132. The Kier molecular flexibility index (Phi) is 4.53. The molecule has 0 aliphatic rings. The maximum Gasteiger partial charge on any atom is 0.142 e. The molecule has 2 nitrogen and oxygen atoms in total. The van der Waals surface area contributed by atoms with Crippen LogP contribution in [0.2, 0.25) is 0 Å². The van der Waals surface area contributed by atoms with Gasteiger partial charge in [0.15, 0.2) is 0 Å². The molecule has 0 unspecified atom stereocenters. The molecule has 0 N–H and O–H groups in total. The Morgan fingerprint density at radius 3 is 2.56 bits per heavy atom. The summed E-state index contributed by atoms with van der Waals surface area (Å²) in [5.41, 5.74) is 3.36. The van der Waals surface area contributed by atoms with Gasteiger partial charge in [-0.05, 0) is 17.5 Å². The lowest BCUT2D eigenvalue weighted by atomic mass is 10.1. The van der Waals surface area contributed by atoms with Crippen molar-refractivity contribution < 1.29 is 4.84 Å². The number of benzene rings is 2. The third kappa shape index (κ3) is 3.74. The van der Waals surface area contributed by atoms with E-state index in [1.165, 1.54) is 5.56 Å². The lowest BCUT2D eigenvalue weighted by Gasteiger charge is -2.02. The first kappa shape index (κ1) is 12.4. The van der Waals surface area contributed by atoms with Gasteiger partial charge in [0, 0.05) is 5.56 Å². The first-order chi connectivity index (χ1) is 8.88. The molecule has 2 rings (SSSR count). The maximum atomic E-state index is 5.24. The molecule has 0 spiro atoms. The summed E-state index contributed by atoms with van der Waals surface area (Å²) in [4.78, 5) is 5.24. The Morgan fingerprint density at radius 2 is 1.78 bits per heavy atom. The molecule has 2 aromatic rings. The quantitative estimate of drug-likeness (QED) is 0.575. The predicted molar refractivity (Wildman–Crippen MR) is 73.6 cm³/mol. The first-order valence-electron chi connectivity index (χ1n) is 6.09. The van der Waals surface area contributed by atoms with Crippen molar-refractivity contribution in [3.63, 3.8) is 0 Å². The van der Waals surface area contributed by atoms with Crippen LogP contribution in [0.25, 0.3) is 0 Å². The molecule has 0 saturated heterocycles. The highest BCUT2D eigenvalue weighted by Gasteiger charge is 1.94. The van der Waals surface area contributed by atoms with E-state index >= 15 is 0 Å². The summed E-state index contributed by atoms with van der Waals surface area (Å²) in [6, 6.07) is 18.1. The van der Waals surface area contributed by atoms with Gasteiger partial charge in [-0.3, -0.25) is 0 Å². The Morgan fingerprint density at radius 1 is 1.00 bits per heavy atom. The second-order valence-corrected chi connectivity index (χ2v) is 4.02. The van der Waals surface area contributed by atoms with E-state index < -0.39 is 0 Å². The lowest BCUT2D eigenvalue weighted by Crippen LogP contribution is -1.90. The van der Waals surface area contributed by atoms with Crippen LogP contribution in [0.4, 0.5) is 0 Å². The van der Waals surface area contributed by atoms with Crippen LogP contribution < -0.4 is 0 Å². The topological polar surface area (TPSA) is 21.6 Å². The second-order valence-electron chi connectivity index (χ2n) is 4.02. The second kappa shape index (κ2) is 6.60. The maximum absolute atomic E-state index is 5.24. The van der Waals surface area contributed by atoms with Gasteiger partial charge in [0.05, 0.1) is 0 Å². The van der Waals surface area contributed by atoms with Gasteiger partial charge < -0.3 is 4.84 Å². The summed E-state index contributed by atoms with van der Waals surface area (Å²) in [6.07, 6.45) is 3.88. The van der Waals surface area contributed by atoms with Crippen LogP contribution in [0, 0.1) is 0 Å². The summed E-state index contributed by atoms with van der Waals surface area (Å²) in [7, 11) is 0. The number of hydrogen-bond donors (Lipinski definition) is 0. The van der Waals surface area contributed by atoms with Crippen molar-refractivity contribution in [3.05, 3.63) is 71.3 Å². The zero-order chi connectivity index (χ0) is 12.6. The van der Waals surface area contributed by atoms with E-state index in [1.54, 1.807) is 0 Å². The van der Waals surface area contributed by atoms with E-state index in [1.807, 2.05) is 42.5 Å². The smallest absolute Gasteiger partial charge is 0.142 e. The Hall–Kier alpha value is -2.09. The molecule has 0 saturated carbocycles. The number of rotatable bonds is 5. The van der Waals surface area contributed by atoms with Crippen LogP contribution in [0.1, 0.15) is 23.6 Å². The van der Waals surface area contributed by atoms with Crippen molar-refractivity contribution in [2.45, 2.75) is 20.0 Å². The fourth-order valence-corrected chi connectivity index (χ4v) is 1.64. The van der Waals surface area contributed by atoms with Crippen molar-refractivity contribution in [2.75, 3.05) is 0 Å². The van der Waals surface area contributed by atoms with Gasteiger partial charge in [-0.25, -0.2) is 0 Å². The number of nitrogens with zero attached hydrogens (tertiary/aromatic N) is 1. The minimum atomic E-state index is 0.480. The standard InChI is InChI=1S/C16H16NO/c1-2-14-9-6-10-16(11-14)13-18-17-12-15-7-4-3-5-8-15/h3-11H,2,13H2,1H3. The third-order valence-corrected chi connectivity index (χ3v) is 2.64. The highest BCUT2D eigenvalue weighted by atomic mass is 16.6. The number of aryl methyl sites for hydroxylation is 1. The SMILES string of the molecule is CCc1cccc(CO/N=[C]\c2ccccc2)c1. The van der Waals surface area contributed by atoms with Gasteiger partial charge in [-0.1, -0.05) is 66.7 Å². The molecule has 18 heavy (non-hydrogen) atoms. The Bertz CT molecular complexity index is 506. The number of hydrogen-bond acceptors (Lipinski definition) is 2. The van der Waals surface area contributed by atoms with Gasteiger partial charge in [0.1, 0.15) is 12.8 Å². The molecule has 0 aliphatic heterocycles. The molecule has 91 valence electrons. The minimum Gasteiger partial charge on any atom is -0.390 e. The average molecular weight is 238 g/mol. The summed E-state index contributed by atoms with van der Waals surface area (Å²) in [5.74, 6) is 0. The van der Waals surface area contributed by atoms with Gasteiger partial charge in [-0.15, -0.1) is 0 Å². The third-order valence-electron chi connectivity index (χ3n) is 2.64. The molecule has 0 fully saturated rings. The summed E-state index contributed by atoms with van der Waals surface area (Å²) in [5, 5.41) is 3.84. The molecule has 0 amide bonds. The van der Waals surface area contributed by atoms with Gasteiger partial charge >= 0.3 is 0 Å². The fraction of sp³-hybridized carbons (Fsp3) is 0.188. The minimum absolute atomic E-state index is 0.480. The predicted octanol–water partition coefficient (Wildman–Crippen LogP) is 3.68. The Labute approximate surface area is 108 Å². The van der Waals surface area contributed by atoms with Crippen LogP contribution in [-0.2, 0) is 17.9 Å². The summed E-state index contributed by atoms with van der Waals surface area (Å²) < 4.78 is 0. The Balaban J connectivity index is 1.86. The average Bonchev–Trinajstić information content (AvgIpc) is 2.45. The van der Waals surface area contributed by atoms with Crippen LogP contribution in [-0.4, -0.2) is 6.21 Å². The van der Waals surface area contributed by atoms with Crippen LogP contribution in [0.5, 0.6) is 0 Å². The molecule has 0 aliphatic carbocycles. The molecular formula is C16H16NO. The van der Waals surface area contributed by atoms with Crippen molar-refractivity contribution >= 4 is 6.21 Å². The van der Waals surface area contributed by atoms with E-state index in [0.717, 1.165) is 17.5 Å². The van der Waals surface area contributed by atoms with Gasteiger partial charge in [-0.2, -0.15) is 0 Å². The molecule has 1 radical (unpaired) electrons. The monoisotopic (exact) mass is 238 g/mol. The van der Waals surface area contributed by atoms with Crippen molar-refractivity contribution in [1.82, 2.24) is 0 Å². The normalized spacial score (nSPS) is 10.7. The molecule has 0 bridgehead atoms. The molecule has 0 heterocycles. The van der Waals surface area contributed by atoms with E-state index in [9.17, 15) is 0 Å². The van der Waals surface area contributed by atoms with Crippen molar-refractivity contribution in [2.24, 2.45) is 5.16 Å². The highest BCUT2D eigenvalue weighted by Crippen LogP contribution is 2.07. The van der Waals surface area contributed by atoms with E-state index in [-0.39, 0.29) is 0 Å². The zero-order valence-electron chi connectivity index (χ0n) is 10.5. The molecule has 0 aromatic heterocycles. The van der Waals surface area contributed by atoms with Crippen molar-refractivity contribution in [1.29, 1.82) is 0 Å². The molecular weight excluding hydrogens is 222 g/mol. The van der Waals surface area contributed by atoms with Crippen LogP contribution >= 0.6 is 0 Å². The van der Waals surface area contributed by atoms with Gasteiger partial charge in [0.2, 0.25) is 0 Å². The fourth-order valence-electron chi connectivity index (χ4n) is 1.64. The van der Waals surface area contributed by atoms with Crippen LogP contribution in [0.15, 0.2) is 59.8 Å². The van der Waals surface area contributed by atoms with Crippen LogP contribution in [0.3, 0.4) is 0 Å². The largest absolute Gasteiger partial charge is 0.390 e. The summed E-state index contributed by atoms with van der Waals surface area (Å²) in [6.45, 7) is 2.62. The van der Waals surface area contributed by atoms with Crippen molar-refractivity contribution in [3.8, 4) is 0 Å². The van der Waals surface area contributed by atoms with Gasteiger partial charge in [0.25, 0.3) is 0 Å². The molecule has 2 aromatic carbocycles. The highest BCUT2D eigenvalue weighted by molar-refractivity contribution is 5.78. The van der Waals surface area contributed by atoms with E-state index in [0.29, 0.717) is 6.61 Å².